The van der Waals surface area contributed by atoms with E-state index in [1.54, 1.807) is 30.2 Å². The van der Waals surface area contributed by atoms with Gasteiger partial charge in [-0.05, 0) is 6.07 Å². The summed E-state index contributed by atoms with van der Waals surface area (Å²) >= 11 is 0. The molecule has 0 aliphatic carbocycles. The molecule has 0 aliphatic rings. The summed E-state index contributed by atoms with van der Waals surface area (Å²) < 4.78 is 16.5. The molecule has 0 spiro atoms. The zero-order valence-corrected chi connectivity index (χ0v) is 8.50. The van der Waals surface area contributed by atoms with Crippen molar-refractivity contribution in [3.05, 3.63) is 36.9 Å². The first kappa shape index (κ1) is 9.02. The van der Waals surface area contributed by atoms with Crippen LogP contribution in [0.25, 0.3) is 16.6 Å². The molecule has 3 rings (SSSR count). The third-order valence-corrected chi connectivity index (χ3v) is 2.37. The molecule has 0 aromatic carbocycles. The number of halogens is 1. The molecular weight excluding hydrogens is 209 g/mol. The Morgan fingerprint density at radius 1 is 1.31 bits per heavy atom. The summed E-state index contributed by atoms with van der Waals surface area (Å²) in [7, 11) is 1.68. The van der Waals surface area contributed by atoms with Gasteiger partial charge in [-0.1, -0.05) is 0 Å². The third kappa shape index (κ3) is 1.27. The van der Waals surface area contributed by atoms with E-state index in [-0.39, 0.29) is 0 Å². The van der Waals surface area contributed by atoms with Crippen LogP contribution in [0.2, 0.25) is 0 Å². The highest BCUT2D eigenvalue weighted by Crippen LogP contribution is 2.23. The quantitative estimate of drug-likeness (QED) is 0.616. The van der Waals surface area contributed by atoms with Gasteiger partial charge in [0.15, 0.2) is 0 Å². The molecule has 0 N–H and O–H groups in total. The predicted molar refractivity (Wildman–Crippen MR) is 55.1 cm³/mol. The Morgan fingerprint density at radius 2 is 2.19 bits per heavy atom. The third-order valence-electron chi connectivity index (χ3n) is 2.37. The van der Waals surface area contributed by atoms with E-state index >= 15 is 0 Å². The van der Waals surface area contributed by atoms with E-state index in [1.807, 2.05) is 6.07 Å². The molecule has 0 aliphatic heterocycles. The lowest BCUT2D eigenvalue weighted by Crippen LogP contribution is -1.87. The molecule has 6 heteroatoms. The molecule has 0 atom stereocenters. The summed E-state index contributed by atoms with van der Waals surface area (Å²) in [4.78, 5) is 3.90. The van der Waals surface area contributed by atoms with Crippen LogP contribution in [0.15, 0.2) is 31.0 Å². The van der Waals surface area contributed by atoms with E-state index in [0.717, 1.165) is 11.1 Å². The van der Waals surface area contributed by atoms with Crippen LogP contribution in [0.5, 0.6) is 0 Å². The maximum atomic E-state index is 13.4. The maximum absolute atomic E-state index is 13.4. The standard InChI is InChI=1S/C10H8FN5/c1-15-5-9(10(11)14-15)7-2-8-3-12-6-13-16(8)4-7/h2-6H,1H3. The van der Waals surface area contributed by atoms with Gasteiger partial charge in [-0.25, -0.2) is 9.50 Å². The van der Waals surface area contributed by atoms with E-state index in [4.69, 9.17) is 0 Å². The topological polar surface area (TPSA) is 48.0 Å². The second-order valence-electron chi connectivity index (χ2n) is 3.51. The molecule has 3 heterocycles. The highest BCUT2D eigenvalue weighted by Gasteiger charge is 2.11. The van der Waals surface area contributed by atoms with Gasteiger partial charge in [-0.15, -0.1) is 5.10 Å². The summed E-state index contributed by atoms with van der Waals surface area (Å²) in [5.74, 6) is -0.480. The summed E-state index contributed by atoms with van der Waals surface area (Å²) in [5, 5.41) is 7.68. The molecule has 0 saturated carbocycles. The van der Waals surface area contributed by atoms with Gasteiger partial charge >= 0.3 is 0 Å². The summed E-state index contributed by atoms with van der Waals surface area (Å²) in [6.07, 6.45) is 6.50. The van der Waals surface area contributed by atoms with Gasteiger partial charge in [0.2, 0.25) is 5.95 Å². The van der Waals surface area contributed by atoms with Crippen LogP contribution < -0.4 is 0 Å². The lowest BCUT2D eigenvalue weighted by atomic mass is 10.2. The van der Waals surface area contributed by atoms with E-state index in [1.165, 1.54) is 11.0 Å². The smallest absolute Gasteiger partial charge is 0.240 e. The Balaban J connectivity index is 2.22. The summed E-state index contributed by atoms with van der Waals surface area (Å²) in [5.41, 5.74) is 2.03. The summed E-state index contributed by atoms with van der Waals surface area (Å²) in [6.45, 7) is 0. The van der Waals surface area contributed by atoms with Crippen molar-refractivity contribution in [1.82, 2.24) is 24.4 Å². The van der Waals surface area contributed by atoms with Crippen molar-refractivity contribution in [3.63, 3.8) is 0 Å². The molecule has 3 aromatic heterocycles. The molecule has 80 valence electrons. The molecule has 3 aromatic rings. The SMILES string of the molecule is Cn1cc(-c2cc3cncnn3c2)c(F)n1. The number of fused-ring (bicyclic) bond motifs is 1. The van der Waals surface area contributed by atoms with Gasteiger partial charge in [0.05, 0.1) is 17.3 Å². The first-order valence-corrected chi connectivity index (χ1v) is 4.72. The second-order valence-corrected chi connectivity index (χ2v) is 3.51. The lowest BCUT2D eigenvalue weighted by molar-refractivity contribution is 0.555. The van der Waals surface area contributed by atoms with Gasteiger partial charge in [0.1, 0.15) is 6.33 Å². The van der Waals surface area contributed by atoms with Crippen LogP contribution >= 0.6 is 0 Å². The van der Waals surface area contributed by atoms with Gasteiger partial charge in [0, 0.05) is 25.0 Å². The number of aryl methyl sites for hydroxylation is 1. The first-order chi connectivity index (χ1) is 7.74. The minimum absolute atomic E-state index is 0.466. The highest BCUT2D eigenvalue weighted by molar-refractivity contribution is 5.68. The maximum Gasteiger partial charge on any atom is 0.240 e. The zero-order chi connectivity index (χ0) is 11.1. The van der Waals surface area contributed by atoms with Gasteiger partial charge in [-0.2, -0.15) is 9.49 Å². The van der Waals surface area contributed by atoms with E-state index < -0.39 is 5.95 Å². The average Bonchev–Trinajstić information content (AvgIpc) is 2.81. The molecule has 0 saturated heterocycles. The Labute approximate surface area is 90.2 Å². The van der Waals surface area contributed by atoms with E-state index in [0.29, 0.717) is 5.56 Å². The van der Waals surface area contributed by atoms with Crippen LogP contribution in [0.1, 0.15) is 0 Å². The number of hydrogen-bond acceptors (Lipinski definition) is 3. The number of rotatable bonds is 1. The second kappa shape index (κ2) is 3.13. The van der Waals surface area contributed by atoms with E-state index in [2.05, 4.69) is 15.2 Å². The Bertz CT molecular complexity index is 621. The van der Waals surface area contributed by atoms with Gasteiger partial charge < -0.3 is 0 Å². The van der Waals surface area contributed by atoms with Crippen LogP contribution in [-0.4, -0.2) is 24.4 Å². The Morgan fingerprint density at radius 3 is 2.88 bits per heavy atom. The monoisotopic (exact) mass is 217 g/mol. The first-order valence-electron chi connectivity index (χ1n) is 4.72. The molecule has 0 amide bonds. The highest BCUT2D eigenvalue weighted by atomic mass is 19.1. The lowest BCUT2D eigenvalue weighted by Gasteiger charge is -1.88. The fourth-order valence-electron chi connectivity index (χ4n) is 1.66. The number of hydrogen-bond donors (Lipinski definition) is 0. The number of aromatic nitrogens is 5. The van der Waals surface area contributed by atoms with Crippen molar-refractivity contribution in [2.75, 3.05) is 0 Å². The normalized spacial score (nSPS) is 11.1. The average molecular weight is 217 g/mol. The van der Waals surface area contributed by atoms with Crippen molar-refractivity contribution in [3.8, 4) is 11.1 Å². The van der Waals surface area contributed by atoms with Gasteiger partial charge in [-0.3, -0.25) is 4.68 Å². The van der Waals surface area contributed by atoms with Crippen molar-refractivity contribution in [1.29, 1.82) is 0 Å². The molecule has 0 bridgehead atoms. The van der Waals surface area contributed by atoms with Crippen LogP contribution in [0.3, 0.4) is 0 Å². The molecular formula is C10H8FN5. The zero-order valence-electron chi connectivity index (χ0n) is 8.50. The Kier molecular flexibility index (Phi) is 1.76. The fraction of sp³-hybridized carbons (Fsp3) is 0.100. The van der Waals surface area contributed by atoms with Crippen LogP contribution in [-0.2, 0) is 7.05 Å². The molecule has 0 fully saturated rings. The predicted octanol–water partition coefficient (Wildman–Crippen LogP) is 1.27. The van der Waals surface area contributed by atoms with Gasteiger partial charge in [0.25, 0.3) is 0 Å². The number of nitrogens with zero attached hydrogens (tertiary/aromatic N) is 5. The fourth-order valence-corrected chi connectivity index (χ4v) is 1.66. The molecule has 5 nitrogen and oxygen atoms in total. The molecule has 0 radical (unpaired) electrons. The van der Waals surface area contributed by atoms with Crippen LogP contribution in [0, 0.1) is 5.95 Å². The molecule has 16 heavy (non-hydrogen) atoms. The minimum Gasteiger partial charge on any atom is -0.272 e. The largest absolute Gasteiger partial charge is 0.272 e. The summed E-state index contributed by atoms with van der Waals surface area (Å²) in [6, 6.07) is 1.82. The van der Waals surface area contributed by atoms with E-state index in [9.17, 15) is 4.39 Å². The van der Waals surface area contributed by atoms with Crippen LogP contribution in [0.4, 0.5) is 4.39 Å². The van der Waals surface area contributed by atoms with Crippen molar-refractivity contribution < 1.29 is 4.39 Å². The van der Waals surface area contributed by atoms with Crippen molar-refractivity contribution >= 4 is 5.52 Å². The van der Waals surface area contributed by atoms with Crippen molar-refractivity contribution in [2.24, 2.45) is 7.05 Å². The Hall–Kier alpha value is -2.24. The minimum atomic E-state index is -0.480. The van der Waals surface area contributed by atoms with Crippen molar-refractivity contribution in [2.45, 2.75) is 0 Å². The molecule has 0 unspecified atom stereocenters.